The first-order valence-electron chi connectivity index (χ1n) is 13.4. The van der Waals surface area contributed by atoms with Crippen molar-refractivity contribution in [2.75, 3.05) is 35.0 Å². The summed E-state index contributed by atoms with van der Waals surface area (Å²) in [7, 11) is 6.20. The summed E-state index contributed by atoms with van der Waals surface area (Å²) in [6, 6.07) is 12.2. The molecule has 1 atom stereocenters. The van der Waals surface area contributed by atoms with Gasteiger partial charge in [0.05, 0.1) is 28.4 Å². The summed E-state index contributed by atoms with van der Waals surface area (Å²) in [4.78, 5) is 11.1. The number of rotatable bonds is 5. The van der Waals surface area contributed by atoms with Crippen LogP contribution in [0.15, 0.2) is 42.5 Å². The van der Waals surface area contributed by atoms with Crippen LogP contribution in [0.1, 0.15) is 47.3 Å². The molecule has 0 amide bonds. The molecule has 1 unspecified atom stereocenters. The molecule has 0 saturated carbocycles. The molecule has 0 radical (unpaired) electrons. The highest BCUT2D eigenvalue weighted by molar-refractivity contribution is 5.93. The predicted octanol–water partition coefficient (Wildman–Crippen LogP) is 5.22. The monoisotopic (exact) mass is 578 g/mol. The van der Waals surface area contributed by atoms with Crippen molar-refractivity contribution >= 4 is 17.6 Å². The fourth-order valence-corrected chi connectivity index (χ4v) is 5.23. The van der Waals surface area contributed by atoms with Gasteiger partial charge in [0, 0.05) is 34.4 Å². The zero-order chi connectivity index (χ0) is 30.2. The first-order chi connectivity index (χ1) is 20.0. The van der Waals surface area contributed by atoms with Crippen LogP contribution in [0, 0.1) is 0 Å². The molecule has 0 bridgehead atoms. The van der Waals surface area contributed by atoms with E-state index in [1.165, 1.54) is 13.2 Å². The lowest BCUT2D eigenvalue weighted by atomic mass is 9.90. The number of carbonyl (C=O) groups is 1. The van der Waals surface area contributed by atoms with Crippen LogP contribution in [-0.2, 0) is 6.42 Å². The number of benzene rings is 3. The van der Waals surface area contributed by atoms with Crippen LogP contribution in [0.5, 0.6) is 40.2 Å². The number of methoxy groups -OCH3 is 4. The summed E-state index contributed by atoms with van der Waals surface area (Å²) >= 11 is 0. The molecule has 3 aromatic rings. The molecule has 3 heterocycles. The lowest BCUT2D eigenvalue weighted by Gasteiger charge is -2.39. The second kappa shape index (κ2) is 11.0. The summed E-state index contributed by atoms with van der Waals surface area (Å²) in [5.74, 6) is 1.51. The molecule has 6 rings (SSSR count). The summed E-state index contributed by atoms with van der Waals surface area (Å²) in [5.41, 5.74) is 3.01. The third-order valence-corrected chi connectivity index (χ3v) is 7.43. The van der Waals surface area contributed by atoms with Gasteiger partial charge >= 0.3 is 5.97 Å². The largest absolute Gasteiger partial charge is 0.497 e. The van der Waals surface area contributed by atoms with E-state index in [0.717, 1.165) is 29.7 Å². The van der Waals surface area contributed by atoms with E-state index in [4.69, 9.17) is 38.3 Å². The van der Waals surface area contributed by atoms with Gasteiger partial charge in [-0.05, 0) is 63.1 Å². The average molecular weight is 579 g/mol. The number of aliphatic hydroxyl groups is 1. The summed E-state index contributed by atoms with van der Waals surface area (Å²) < 4.78 is 38.5. The van der Waals surface area contributed by atoms with Crippen LogP contribution in [0.3, 0.4) is 0 Å². The Balaban J connectivity index is 0.000000181. The van der Waals surface area contributed by atoms with E-state index in [9.17, 15) is 9.90 Å². The molecule has 0 aliphatic carbocycles. The molecule has 3 aliphatic rings. The van der Waals surface area contributed by atoms with Gasteiger partial charge in [-0.25, -0.2) is 4.79 Å². The second-order valence-corrected chi connectivity index (χ2v) is 10.6. The number of carboxylic acid groups (broad SMARTS) is 1. The van der Waals surface area contributed by atoms with Crippen LogP contribution < -0.4 is 33.2 Å². The highest BCUT2D eigenvalue weighted by Gasteiger charge is 2.44. The SMILES string of the molecule is COc1c(C(=O)O)ccc2c1CCC(C)(C)O2.COc1ccc2c(c1)OC1(O)COc3cc(OC)c(OC)cc3C1=C2. The standard InChI is InChI=1S/C19H18O6.C13H16O4/c1-21-12-5-4-11-6-14-13-8-17(22-2)18(23-3)9-16(13)24-10-19(14,20)25-15(11)7-12;1-13(2)7-6-8-10(17-13)5-4-9(12(14)15)11(8)16-3/h4-9,20H,10H2,1-3H3;4-5H,6-7H2,1-3H3,(H,14,15). The number of ether oxygens (including phenoxy) is 7. The van der Waals surface area contributed by atoms with Gasteiger partial charge in [0.2, 0.25) is 0 Å². The van der Waals surface area contributed by atoms with Gasteiger partial charge in [-0.1, -0.05) is 0 Å². The van der Waals surface area contributed by atoms with E-state index in [2.05, 4.69) is 0 Å². The normalized spacial score (nSPS) is 18.8. The highest BCUT2D eigenvalue weighted by atomic mass is 16.7. The van der Waals surface area contributed by atoms with E-state index in [-0.39, 0.29) is 17.8 Å². The Morgan fingerprint density at radius 2 is 1.60 bits per heavy atom. The Bertz CT molecular complexity index is 1560. The topological polar surface area (TPSA) is 122 Å². The van der Waals surface area contributed by atoms with Gasteiger partial charge in [-0.3, -0.25) is 0 Å². The van der Waals surface area contributed by atoms with Crippen LogP contribution in [-0.4, -0.2) is 62.6 Å². The third kappa shape index (κ3) is 5.25. The van der Waals surface area contributed by atoms with Gasteiger partial charge < -0.3 is 43.4 Å². The minimum absolute atomic E-state index is 0.0298. The van der Waals surface area contributed by atoms with E-state index in [1.54, 1.807) is 45.6 Å². The Morgan fingerprint density at radius 3 is 2.26 bits per heavy atom. The second-order valence-electron chi connectivity index (χ2n) is 10.6. The molecule has 0 fully saturated rings. The molecular formula is C32H34O10. The molecule has 0 spiro atoms. The predicted molar refractivity (Wildman–Crippen MR) is 154 cm³/mol. The van der Waals surface area contributed by atoms with E-state index in [0.29, 0.717) is 45.6 Å². The van der Waals surface area contributed by atoms with Crippen molar-refractivity contribution in [3.8, 4) is 40.2 Å². The minimum atomic E-state index is -1.58. The van der Waals surface area contributed by atoms with Crippen LogP contribution in [0.2, 0.25) is 0 Å². The average Bonchev–Trinajstić information content (AvgIpc) is 2.97. The molecular weight excluding hydrogens is 544 g/mol. The quantitative estimate of drug-likeness (QED) is 0.417. The number of aromatic carboxylic acids is 1. The van der Waals surface area contributed by atoms with Crippen LogP contribution in [0.25, 0.3) is 11.6 Å². The first-order valence-corrected chi connectivity index (χ1v) is 13.4. The van der Waals surface area contributed by atoms with E-state index in [1.807, 2.05) is 32.1 Å². The van der Waals surface area contributed by atoms with Gasteiger partial charge in [0.15, 0.2) is 18.1 Å². The highest BCUT2D eigenvalue weighted by Crippen LogP contribution is 2.49. The zero-order valence-electron chi connectivity index (χ0n) is 24.4. The molecule has 222 valence electrons. The Labute approximate surface area is 243 Å². The van der Waals surface area contributed by atoms with Crippen molar-refractivity contribution in [2.24, 2.45) is 0 Å². The number of hydrogen-bond acceptors (Lipinski definition) is 9. The van der Waals surface area contributed by atoms with Gasteiger partial charge in [-0.2, -0.15) is 0 Å². The Morgan fingerprint density at radius 1 is 0.857 bits per heavy atom. The van der Waals surface area contributed by atoms with Crippen LogP contribution >= 0.6 is 0 Å². The Hall–Kier alpha value is -4.57. The number of carboxylic acids is 1. The molecule has 3 aliphatic heterocycles. The zero-order valence-corrected chi connectivity index (χ0v) is 24.4. The van der Waals surface area contributed by atoms with Crippen molar-refractivity contribution in [3.05, 3.63) is 64.7 Å². The maximum Gasteiger partial charge on any atom is 0.339 e. The van der Waals surface area contributed by atoms with Gasteiger partial charge in [0.1, 0.15) is 39.9 Å². The molecule has 0 aromatic heterocycles. The number of hydrogen-bond donors (Lipinski definition) is 2. The molecule has 10 nitrogen and oxygen atoms in total. The van der Waals surface area contributed by atoms with Crippen LogP contribution in [0.4, 0.5) is 0 Å². The van der Waals surface area contributed by atoms with E-state index >= 15 is 0 Å². The fourth-order valence-electron chi connectivity index (χ4n) is 5.23. The first kappa shape index (κ1) is 28.9. The maximum atomic E-state index is 11.1. The minimum Gasteiger partial charge on any atom is -0.497 e. The van der Waals surface area contributed by atoms with E-state index < -0.39 is 11.8 Å². The van der Waals surface area contributed by atoms with Gasteiger partial charge in [-0.15, -0.1) is 0 Å². The molecule has 42 heavy (non-hydrogen) atoms. The van der Waals surface area contributed by atoms with Crippen molar-refractivity contribution in [3.63, 3.8) is 0 Å². The summed E-state index contributed by atoms with van der Waals surface area (Å²) in [6.45, 7) is 4.01. The van der Waals surface area contributed by atoms with Crippen molar-refractivity contribution < 1.29 is 48.2 Å². The smallest absolute Gasteiger partial charge is 0.339 e. The lowest BCUT2D eigenvalue weighted by Crippen LogP contribution is -2.47. The molecule has 10 heteroatoms. The van der Waals surface area contributed by atoms with Crippen molar-refractivity contribution in [1.82, 2.24) is 0 Å². The lowest BCUT2D eigenvalue weighted by molar-refractivity contribution is -0.116. The van der Waals surface area contributed by atoms with Crippen molar-refractivity contribution in [2.45, 2.75) is 38.1 Å². The maximum absolute atomic E-state index is 11.1. The molecule has 3 aromatic carbocycles. The Kier molecular flexibility index (Phi) is 7.59. The van der Waals surface area contributed by atoms with Gasteiger partial charge in [0.25, 0.3) is 5.79 Å². The summed E-state index contributed by atoms with van der Waals surface area (Å²) in [6.07, 6.45) is 3.51. The van der Waals surface area contributed by atoms with Crippen molar-refractivity contribution in [1.29, 1.82) is 0 Å². The molecule has 0 saturated heterocycles. The fraction of sp³-hybridized carbons (Fsp3) is 0.344. The number of fused-ring (bicyclic) bond motifs is 5. The third-order valence-electron chi connectivity index (χ3n) is 7.43. The summed E-state index contributed by atoms with van der Waals surface area (Å²) in [5, 5.41) is 20.1. The molecule has 2 N–H and O–H groups in total.